The van der Waals surface area contributed by atoms with E-state index in [0.29, 0.717) is 17.2 Å². The molecule has 122 valence electrons. The second-order valence-corrected chi connectivity index (χ2v) is 6.16. The Kier molecular flexibility index (Phi) is 4.39. The van der Waals surface area contributed by atoms with E-state index >= 15 is 0 Å². The van der Waals surface area contributed by atoms with Crippen molar-refractivity contribution in [2.24, 2.45) is 0 Å². The number of thiazole rings is 1. The third kappa shape index (κ3) is 3.33. The molecule has 1 aromatic carbocycles. The van der Waals surface area contributed by atoms with Crippen LogP contribution in [-0.2, 0) is 0 Å². The molecule has 0 aliphatic heterocycles. The number of carbonyl (C=O) groups is 1. The summed E-state index contributed by atoms with van der Waals surface area (Å²) in [6, 6.07) is 5.47. The Labute approximate surface area is 143 Å². The molecular formula is C16H16N6OS. The summed E-state index contributed by atoms with van der Waals surface area (Å²) in [7, 11) is 3.71. The molecule has 0 atom stereocenters. The van der Waals surface area contributed by atoms with Gasteiger partial charge in [0.15, 0.2) is 0 Å². The van der Waals surface area contributed by atoms with E-state index in [0.717, 1.165) is 10.4 Å². The van der Waals surface area contributed by atoms with Gasteiger partial charge >= 0.3 is 0 Å². The van der Waals surface area contributed by atoms with Crippen molar-refractivity contribution in [2.75, 3.05) is 30.0 Å². The van der Waals surface area contributed by atoms with Crippen LogP contribution in [0, 0.1) is 0 Å². The highest BCUT2D eigenvalue weighted by Gasteiger charge is 2.12. The first-order chi connectivity index (χ1) is 11.5. The maximum atomic E-state index is 12.4. The fourth-order valence-electron chi connectivity index (χ4n) is 2.03. The Morgan fingerprint density at radius 3 is 2.67 bits per heavy atom. The Morgan fingerprint density at radius 1 is 1.21 bits per heavy atom. The lowest BCUT2D eigenvalue weighted by Crippen LogP contribution is -2.17. The van der Waals surface area contributed by atoms with E-state index in [4.69, 9.17) is 5.73 Å². The number of amides is 1. The number of nitrogen functional groups attached to an aromatic ring is 1. The van der Waals surface area contributed by atoms with Crippen LogP contribution < -0.4 is 16.0 Å². The predicted molar refractivity (Wildman–Crippen MR) is 96.3 cm³/mol. The Hall–Kier alpha value is -3.00. The molecule has 2 heterocycles. The fourth-order valence-corrected chi connectivity index (χ4v) is 2.65. The molecular weight excluding hydrogens is 324 g/mol. The lowest BCUT2D eigenvalue weighted by molar-refractivity contribution is 0.102. The van der Waals surface area contributed by atoms with Gasteiger partial charge in [0.05, 0.1) is 34.2 Å². The SMILES string of the molecule is CN(C)c1cnc(C(=O)Nc2cc(-c3cncs3)ccc2N)cn1. The van der Waals surface area contributed by atoms with Crippen molar-refractivity contribution in [3.8, 4) is 10.4 Å². The smallest absolute Gasteiger partial charge is 0.275 e. The average Bonchev–Trinajstić information content (AvgIpc) is 3.11. The molecule has 3 aromatic rings. The summed E-state index contributed by atoms with van der Waals surface area (Å²) < 4.78 is 0. The number of nitrogens with one attached hydrogen (secondary N) is 1. The molecule has 0 radical (unpaired) electrons. The molecule has 0 unspecified atom stereocenters. The number of benzene rings is 1. The Bertz CT molecular complexity index is 846. The molecule has 0 aliphatic rings. The number of nitrogens with two attached hydrogens (primary N) is 1. The van der Waals surface area contributed by atoms with E-state index in [1.165, 1.54) is 17.5 Å². The third-order valence-corrected chi connectivity index (χ3v) is 4.17. The highest BCUT2D eigenvalue weighted by atomic mass is 32.1. The van der Waals surface area contributed by atoms with Crippen molar-refractivity contribution in [1.29, 1.82) is 0 Å². The molecule has 24 heavy (non-hydrogen) atoms. The zero-order valence-electron chi connectivity index (χ0n) is 13.2. The number of nitrogens with zero attached hydrogens (tertiary/aromatic N) is 4. The van der Waals surface area contributed by atoms with Crippen LogP contribution in [0.25, 0.3) is 10.4 Å². The van der Waals surface area contributed by atoms with Gasteiger partial charge in [-0.1, -0.05) is 6.07 Å². The first-order valence-electron chi connectivity index (χ1n) is 7.13. The summed E-state index contributed by atoms with van der Waals surface area (Å²) in [6.07, 6.45) is 4.76. The lowest BCUT2D eigenvalue weighted by atomic mass is 10.1. The lowest BCUT2D eigenvalue weighted by Gasteiger charge is -2.11. The molecule has 7 nitrogen and oxygen atoms in total. The van der Waals surface area contributed by atoms with Gasteiger partial charge in [-0.25, -0.2) is 9.97 Å². The van der Waals surface area contributed by atoms with Crippen molar-refractivity contribution in [2.45, 2.75) is 0 Å². The van der Waals surface area contributed by atoms with Gasteiger partial charge in [0.1, 0.15) is 11.5 Å². The van der Waals surface area contributed by atoms with E-state index in [-0.39, 0.29) is 11.6 Å². The van der Waals surface area contributed by atoms with Crippen LogP contribution in [0.4, 0.5) is 17.2 Å². The second kappa shape index (κ2) is 6.63. The van der Waals surface area contributed by atoms with Gasteiger partial charge in [-0.05, 0) is 17.7 Å². The molecule has 2 aromatic heterocycles. The number of aromatic nitrogens is 3. The van der Waals surface area contributed by atoms with Crippen LogP contribution >= 0.6 is 11.3 Å². The summed E-state index contributed by atoms with van der Waals surface area (Å²) in [4.78, 5) is 27.5. The van der Waals surface area contributed by atoms with Crippen molar-refractivity contribution in [3.05, 3.63) is 48.0 Å². The maximum Gasteiger partial charge on any atom is 0.275 e. The van der Waals surface area contributed by atoms with Gasteiger partial charge in [0.2, 0.25) is 0 Å². The largest absolute Gasteiger partial charge is 0.397 e. The first-order valence-corrected chi connectivity index (χ1v) is 8.01. The number of carbonyl (C=O) groups excluding carboxylic acids is 1. The van der Waals surface area contributed by atoms with Crippen molar-refractivity contribution >= 4 is 34.4 Å². The normalized spacial score (nSPS) is 10.4. The van der Waals surface area contributed by atoms with Gasteiger partial charge < -0.3 is 16.0 Å². The second-order valence-electron chi connectivity index (χ2n) is 5.28. The van der Waals surface area contributed by atoms with Gasteiger partial charge in [-0.3, -0.25) is 9.78 Å². The van der Waals surface area contributed by atoms with Crippen LogP contribution in [0.3, 0.4) is 0 Å². The van der Waals surface area contributed by atoms with Crippen molar-refractivity contribution in [3.63, 3.8) is 0 Å². The van der Waals surface area contributed by atoms with Crippen LogP contribution in [0.1, 0.15) is 10.5 Å². The minimum atomic E-state index is -0.360. The third-order valence-electron chi connectivity index (χ3n) is 3.35. The average molecular weight is 340 g/mol. The maximum absolute atomic E-state index is 12.4. The highest BCUT2D eigenvalue weighted by molar-refractivity contribution is 7.13. The van der Waals surface area contributed by atoms with Crippen LogP contribution in [0.15, 0.2) is 42.3 Å². The molecule has 0 spiro atoms. The number of anilines is 3. The highest BCUT2D eigenvalue weighted by Crippen LogP contribution is 2.29. The van der Waals surface area contributed by atoms with E-state index in [1.54, 1.807) is 24.0 Å². The fraction of sp³-hybridized carbons (Fsp3) is 0.125. The molecule has 0 saturated carbocycles. The molecule has 3 rings (SSSR count). The first kappa shape index (κ1) is 15.9. The number of rotatable bonds is 4. The molecule has 0 bridgehead atoms. The molecule has 0 fully saturated rings. The molecule has 0 aliphatic carbocycles. The van der Waals surface area contributed by atoms with Crippen molar-refractivity contribution in [1.82, 2.24) is 15.0 Å². The van der Waals surface area contributed by atoms with E-state index < -0.39 is 0 Å². The zero-order chi connectivity index (χ0) is 17.1. The Balaban J connectivity index is 1.82. The minimum Gasteiger partial charge on any atom is -0.397 e. The molecule has 3 N–H and O–H groups in total. The van der Waals surface area contributed by atoms with Crippen LogP contribution in [-0.4, -0.2) is 35.0 Å². The minimum absolute atomic E-state index is 0.225. The predicted octanol–water partition coefficient (Wildman–Crippen LogP) is 2.50. The number of hydrogen-bond acceptors (Lipinski definition) is 7. The standard InChI is InChI=1S/C16H16N6OS/c1-22(2)15-8-19-13(6-20-15)16(23)21-12-5-10(3-4-11(12)17)14-7-18-9-24-14/h3-9H,17H2,1-2H3,(H,21,23). The van der Waals surface area contributed by atoms with Crippen molar-refractivity contribution < 1.29 is 4.79 Å². The summed E-state index contributed by atoms with van der Waals surface area (Å²) in [5, 5.41) is 2.78. The van der Waals surface area contributed by atoms with Gasteiger partial charge in [0, 0.05) is 20.3 Å². The molecule has 0 saturated heterocycles. The van der Waals surface area contributed by atoms with Gasteiger partial charge in [-0.2, -0.15) is 0 Å². The van der Waals surface area contributed by atoms with Crippen LogP contribution in [0.2, 0.25) is 0 Å². The molecule has 8 heteroatoms. The number of hydrogen-bond donors (Lipinski definition) is 2. The quantitative estimate of drug-likeness (QED) is 0.708. The summed E-state index contributed by atoms with van der Waals surface area (Å²) in [5.74, 6) is 0.319. The zero-order valence-corrected chi connectivity index (χ0v) is 14.0. The Morgan fingerprint density at radius 2 is 2.04 bits per heavy atom. The van der Waals surface area contributed by atoms with E-state index in [1.807, 2.05) is 31.1 Å². The summed E-state index contributed by atoms with van der Waals surface area (Å²) >= 11 is 1.52. The van der Waals surface area contributed by atoms with E-state index in [2.05, 4.69) is 20.3 Å². The monoisotopic (exact) mass is 340 g/mol. The summed E-state index contributed by atoms with van der Waals surface area (Å²) in [6.45, 7) is 0. The van der Waals surface area contributed by atoms with Gasteiger partial charge in [0.25, 0.3) is 5.91 Å². The van der Waals surface area contributed by atoms with Gasteiger partial charge in [-0.15, -0.1) is 11.3 Å². The topological polar surface area (TPSA) is 97.0 Å². The van der Waals surface area contributed by atoms with E-state index in [9.17, 15) is 4.79 Å². The summed E-state index contributed by atoms with van der Waals surface area (Å²) in [5.41, 5.74) is 9.90. The van der Waals surface area contributed by atoms with Crippen LogP contribution in [0.5, 0.6) is 0 Å². The molecule has 1 amide bonds.